The van der Waals surface area contributed by atoms with Crippen molar-refractivity contribution in [3.05, 3.63) is 0 Å². The van der Waals surface area contributed by atoms with Crippen molar-refractivity contribution in [2.24, 2.45) is 11.8 Å². The first-order valence-electron chi connectivity index (χ1n) is 10.0. The summed E-state index contributed by atoms with van der Waals surface area (Å²) >= 11 is 0. The third-order valence-corrected chi connectivity index (χ3v) is 5.74. The summed E-state index contributed by atoms with van der Waals surface area (Å²) in [5.74, 6) is 1.06. The first-order chi connectivity index (χ1) is 11.6. The highest BCUT2D eigenvalue weighted by atomic mass is 16.6. The van der Waals surface area contributed by atoms with Crippen LogP contribution < -0.4 is 5.32 Å². The average Bonchev–Trinajstić information content (AvgIpc) is 2.53. The van der Waals surface area contributed by atoms with Crippen molar-refractivity contribution in [2.75, 3.05) is 19.7 Å². The van der Waals surface area contributed by atoms with Crippen molar-refractivity contribution >= 4 is 6.09 Å². The average molecular weight is 355 g/mol. The van der Waals surface area contributed by atoms with Crippen molar-refractivity contribution in [1.82, 2.24) is 10.2 Å². The second-order valence-electron chi connectivity index (χ2n) is 9.40. The zero-order chi connectivity index (χ0) is 18.7. The Bertz CT molecular complexity index is 449. The topological polar surface area (TPSA) is 61.8 Å². The van der Waals surface area contributed by atoms with Gasteiger partial charge in [-0.25, -0.2) is 4.79 Å². The SMILES string of the molecule is CC1CCCC(CO)(NC(C)C2CCCN(C(=O)OC(C)(C)C)C2)C1. The molecule has 0 radical (unpaired) electrons. The minimum absolute atomic E-state index is 0.148. The number of amides is 1. The number of piperidine rings is 1. The summed E-state index contributed by atoms with van der Waals surface area (Å²) in [5, 5.41) is 13.8. The van der Waals surface area contributed by atoms with Crippen LogP contribution in [0.3, 0.4) is 0 Å². The molecular formula is C20H38N2O3. The summed E-state index contributed by atoms with van der Waals surface area (Å²) in [6.45, 7) is 11.9. The number of ether oxygens (including phenoxy) is 1. The summed E-state index contributed by atoms with van der Waals surface area (Å²) in [6.07, 6.45) is 6.44. The predicted octanol–water partition coefficient (Wildman–Crippen LogP) is 3.55. The Labute approximate surface area is 153 Å². The van der Waals surface area contributed by atoms with E-state index >= 15 is 0 Å². The highest BCUT2D eigenvalue weighted by Gasteiger charge is 2.38. The van der Waals surface area contributed by atoms with Crippen LogP contribution in [0.15, 0.2) is 0 Å². The maximum Gasteiger partial charge on any atom is 0.410 e. The molecule has 2 rings (SSSR count). The lowest BCUT2D eigenvalue weighted by Crippen LogP contribution is -2.58. The molecule has 25 heavy (non-hydrogen) atoms. The molecule has 146 valence electrons. The Kier molecular flexibility index (Phi) is 6.77. The molecule has 0 bridgehead atoms. The molecule has 1 aliphatic carbocycles. The van der Waals surface area contributed by atoms with Gasteiger partial charge in [-0.1, -0.05) is 19.8 Å². The summed E-state index contributed by atoms with van der Waals surface area (Å²) < 4.78 is 5.54. The number of hydrogen-bond acceptors (Lipinski definition) is 4. The maximum absolute atomic E-state index is 12.4. The molecule has 2 aliphatic rings. The fourth-order valence-electron chi connectivity index (χ4n) is 4.49. The van der Waals surface area contributed by atoms with E-state index in [1.807, 2.05) is 25.7 Å². The fourth-order valence-corrected chi connectivity index (χ4v) is 4.49. The van der Waals surface area contributed by atoms with Gasteiger partial charge in [0.05, 0.1) is 6.61 Å². The zero-order valence-corrected chi connectivity index (χ0v) is 16.8. The monoisotopic (exact) mass is 354 g/mol. The van der Waals surface area contributed by atoms with Gasteiger partial charge in [-0.3, -0.25) is 0 Å². The minimum Gasteiger partial charge on any atom is -0.444 e. The number of hydrogen-bond donors (Lipinski definition) is 2. The van der Waals surface area contributed by atoms with Crippen LogP contribution in [0, 0.1) is 11.8 Å². The zero-order valence-electron chi connectivity index (χ0n) is 16.8. The van der Waals surface area contributed by atoms with Crippen LogP contribution in [0.25, 0.3) is 0 Å². The summed E-state index contributed by atoms with van der Waals surface area (Å²) in [6, 6.07) is 0.280. The van der Waals surface area contributed by atoms with Gasteiger partial charge >= 0.3 is 6.09 Å². The van der Waals surface area contributed by atoms with E-state index in [0.29, 0.717) is 11.8 Å². The van der Waals surface area contributed by atoms with Crippen molar-refractivity contribution in [2.45, 2.75) is 90.3 Å². The molecule has 1 aliphatic heterocycles. The molecule has 0 aromatic carbocycles. The highest BCUT2D eigenvalue weighted by molar-refractivity contribution is 5.68. The van der Waals surface area contributed by atoms with Crippen molar-refractivity contribution in [3.63, 3.8) is 0 Å². The molecule has 1 amide bonds. The molecule has 0 aromatic rings. The van der Waals surface area contributed by atoms with E-state index in [1.165, 1.54) is 12.8 Å². The minimum atomic E-state index is -0.451. The second-order valence-corrected chi connectivity index (χ2v) is 9.40. The number of carbonyl (C=O) groups is 1. The van der Waals surface area contributed by atoms with Crippen molar-refractivity contribution in [3.8, 4) is 0 Å². The molecule has 4 unspecified atom stereocenters. The summed E-state index contributed by atoms with van der Waals surface area (Å²) in [7, 11) is 0. The van der Waals surface area contributed by atoms with E-state index in [2.05, 4.69) is 19.2 Å². The molecule has 5 heteroatoms. The Morgan fingerprint density at radius 1 is 1.36 bits per heavy atom. The van der Waals surface area contributed by atoms with Crippen LogP contribution in [-0.2, 0) is 4.74 Å². The van der Waals surface area contributed by atoms with Crippen LogP contribution in [0.2, 0.25) is 0 Å². The number of nitrogens with one attached hydrogen (secondary N) is 1. The molecule has 1 saturated carbocycles. The number of aliphatic hydroxyl groups excluding tert-OH is 1. The smallest absolute Gasteiger partial charge is 0.410 e. The third kappa shape index (κ3) is 5.85. The van der Waals surface area contributed by atoms with E-state index in [1.54, 1.807) is 0 Å². The molecular weight excluding hydrogens is 316 g/mol. The molecule has 4 atom stereocenters. The maximum atomic E-state index is 12.4. The Balaban J connectivity index is 1.94. The second kappa shape index (κ2) is 8.26. The Morgan fingerprint density at radius 3 is 2.68 bits per heavy atom. The van der Waals surface area contributed by atoms with Crippen LogP contribution >= 0.6 is 0 Å². The van der Waals surface area contributed by atoms with E-state index in [9.17, 15) is 9.90 Å². The molecule has 1 saturated heterocycles. The summed E-state index contributed by atoms with van der Waals surface area (Å²) in [4.78, 5) is 14.2. The van der Waals surface area contributed by atoms with E-state index in [0.717, 1.165) is 38.8 Å². The quantitative estimate of drug-likeness (QED) is 0.810. The highest BCUT2D eigenvalue weighted by Crippen LogP contribution is 2.33. The largest absolute Gasteiger partial charge is 0.444 e. The van der Waals surface area contributed by atoms with E-state index in [-0.39, 0.29) is 24.3 Å². The van der Waals surface area contributed by atoms with Gasteiger partial charge in [0.15, 0.2) is 0 Å². The van der Waals surface area contributed by atoms with Crippen LogP contribution in [0.4, 0.5) is 4.79 Å². The van der Waals surface area contributed by atoms with Gasteiger partial charge in [-0.05, 0) is 65.2 Å². The molecule has 1 heterocycles. The molecule has 2 fully saturated rings. The lowest BCUT2D eigenvalue weighted by Gasteiger charge is -2.44. The third-order valence-electron chi connectivity index (χ3n) is 5.74. The van der Waals surface area contributed by atoms with Gasteiger partial charge in [-0.15, -0.1) is 0 Å². The molecule has 5 nitrogen and oxygen atoms in total. The van der Waals surface area contributed by atoms with Crippen molar-refractivity contribution < 1.29 is 14.6 Å². The summed E-state index contributed by atoms with van der Waals surface area (Å²) in [5.41, 5.74) is -0.599. The normalized spacial score (nSPS) is 32.3. The number of nitrogens with zero attached hydrogens (tertiary/aromatic N) is 1. The Morgan fingerprint density at radius 2 is 2.08 bits per heavy atom. The fraction of sp³-hybridized carbons (Fsp3) is 0.950. The lowest BCUT2D eigenvalue weighted by molar-refractivity contribution is 0.0120. The van der Waals surface area contributed by atoms with E-state index in [4.69, 9.17) is 4.74 Å². The first-order valence-corrected chi connectivity index (χ1v) is 10.0. The van der Waals surface area contributed by atoms with Crippen molar-refractivity contribution in [1.29, 1.82) is 0 Å². The van der Waals surface area contributed by atoms with Gasteiger partial charge in [0.25, 0.3) is 0 Å². The van der Waals surface area contributed by atoms with Crippen LogP contribution in [0.5, 0.6) is 0 Å². The standard InChI is InChI=1S/C20H38N2O3/c1-15-8-6-10-20(12-15,14-23)21-16(2)17-9-7-11-22(13-17)18(24)25-19(3,4)5/h15-17,21,23H,6-14H2,1-5H3. The number of rotatable bonds is 4. The predicted molar refractivity (Wildman–Crippen MR) is 101 cm³/mol. The van der Waals surface area contributed by atoms with Gasteiger partial charge in [0, 0.05) is 24.7 Å². The van der Waals surface area contributed by atoms with Crippen LogP contribution in [-0.4, -0.2) is 53.0 Å². The first kappa shape index (κ1) is 20.5. The van der Waals surface area contributed by atoms with Crippen LogP contribution in [0.1, 0.15) is 73.1 Å². The lowest BCUT2D eigenvalue weighted by atomic mass is 9.75. The molecule has 2 N–H and O–H groups in total. The van der Waals surface area contributed by atoms with Gasteiger partial charge in [0.1, 0.15) is 5.60 Å². The Hall–Kier alpha value is -0.810. The van der Waals surface area contributed by atoms with Gasteiger partial charge in [-0.2, -0.15) is 0 Å². The molecule has 0 spiro atoms. The van der Waals surface area contributed by atoms with Gasteiger partial charge in [0.2, 0.25) is 0 Å². The van der Waals surface area contributed by atoms with Gasteiger partial charge < -0.3 is 20.1 Å². The number of likely N-dealkylation sites (tertiary alicyclic amines) is 1. The number of aliphatic hydroxyl groups is 1. The van der Waals surface area contributed by atoms with E-state index < -0.39 is 5.60 Å². The number of carbonyl (C=O) groups excluding carboxylic acids is 1. The molecule has 0 aromatic heterocycles.